The highest BCUT2D eigenvalue weighted by atomic mass is 32.1. The molecule has 1 N–H and O–H groups in total. The number of thiazole rings is 1. The van der Waals surface area contributed by atoms with Crippen molar-refractivity contribution < 1.29 is 4.74 Å². The van der Waals surface area contributed by atoms with Crippen molar-refractivity contribution in [1.29, 1.82) is 0 Å². The van der Waals surface area contributed by atoms with Crippen LogP contribution in [0.5, 0.6) is 0 Å². The quantitative estimate of drug-likeness (QED) is 0.752. The number of nitrogens with zero attached hydrogens (tertiary/aromatic N) is 3. The van der Waals surface area contributed by atoms with Crippen molar-refractivity contribution in [3.05, 3.63) is 17.3 Å². The summed E-state index contributed by atoms with van der Waals surface area (Å²) in [6, 6.07) is 0. The molecule has 0 saturated heterocycles. The maximum absolute atomic E-state index is 5.06. The number of imidazole rings is 1. The number of methoxy groups -OCH3 is 1. The predicted molar refractivity (Wildman–Crippen MR) is 80.2 cm³/mol. The molecule has 0 saturated carbocycles. The van der Waals surface area contributed by atoms with Crippen LogP contribution < -0.4 is 10.2 Å². The zero-order chi connectivity index (χ0) is 13.7. The lowest BCUT2D eigenvalue weighted by atomic mass is 10.3. The highest BCUT2D eigenvalue weighted by Crippen LogP contribution is 2.24. The van der Waals surface area contributed by atoms with Crippen LogP contribution in [0.15, 0.2) is 11.6 Å². The zero-order valence-corrected chi connectivity index (χ0v) is 12.7. The van der Waals surface area contributed by atoms with Gasteiger partial charge in [-0.1, -0.05) is 0 Å². The Labute approximate surface area is 118 Å². The van der Waals surface area contributed by atoms with Gasteiger partial charge in [0.25, 0.3) is 0 Å². The molecule has 2 aromatic rings. The second-order valence-corrected chi connectivity index (χ2v) is 5.15. The van der Waals surface area contributed by atoms with Crippen LogP contribution in [0.1, 0.15) is 19.5 Å². The molecule has 5 nitrogen and oxygen atoms in total. The number of anilines is 1. The van der Waals surface area contributed by atoms with Gasteiger partial charge < -0.3 is 15.0 Å². The molecule has 0 aliphatic heterocycles. The van der Waals surface area contributed by atoms with E-state index < -0.39 is 0 Å². The molecule has 106 valence electrons. The molecule has 0 aliphatic carbocycles. The lowest BCUT2D eigenvalue weighted by molar-refractivity contribution is 0.199. The summed E-state index contributed by atoms with van der Waals surface area (Å²) in [4.78, 5) is 8.11. The molecule has 2 aromatic heterocycles. The van der Waals surface area contributed by atoms with Gasteiger partial charge in [-0.2, -0.15) is 0 Å². The molecule has 0 spiro atoms. The Bertz CT molecular complexity index is 504. The van der Waals surface area contributed by atoms with E-state index in [9.17, 15) is 0 Å². The van der Waals surface area contributed by atoms with Crippen LogP contribution in [0.25, 0.3) is 4.96 Å². The summed E-state index contributed by atoms with van der Waals surface area (Å²) < 4.78 is 7.24. The van der Waals surface area contributed by atoms with Crippen molar-refractivity contribution in [1.82, 2.24) is 14.7 Å². The van der Waals surface area contributed by atoms with Gasteiger partial charge in [0.1, 0.15) is 0 Å². The third kappa shape index (κ3) is 3.08. The van der Waals surface area contributed by atoms with Crippen LogP contribution in [0, 0.1) is 0 Å². The highest BCUT2D eigenvalue weighted by molar-refractivity contribution is 7.15. The molecule has 6 heteroatoms. The fourth-order valence-corrected chi connectivity index (χ4v) is 2.87. The molecule has 0 atom stereocenters. The van der Waals surface area contributed by atoms with Crippen molar-refractivity contribution in [2.75, 3.05) is 38.3 Å². The van der Waals surface area contributed by atoms with E-state index in [4.69, 9.17) is 9.72 Å². The van der Waals surface area contributed by atoms with Crippen molar-refractivity contribution in [3.63, 3.8) is 0 Å². The minimum atomic E-state index is 0.728. The summed E-state index contributed by atoms with van der Waals surface area (Å²) in [5.41, 5.74) is 1.23. The second kappa shape index (κ2) is 6.88. The Balaban J connectivity index is 2.21. The summed E-state index contributed by atoms with van der Waals surface area (Å²) >= 11 is 1.68. The molecule has 0 bridgehead atoms. The van der Waals surface area contributed by atoms with Gasteiger partial charge in [-0.3, -0.25) is 4.40 Å². The summed E-state index contributed by atoms with van der Waals surface area (Å²) in [5.74, 6) is 1.10. The van der Waals surface area contributed by atoms with Gasteiger partial charge in [0.15, 0.2) is 10.8 Å². The smallest absolute Gasteiger partial charge is 0.195 e. The fourth-order valence-electron chi connectivity index (χ4n) is 2.14. The first-order valence-electron chi connectivity index (χ1n) is 6.70. The fraction of sp³-hybridized carbons (Fsp3) is 0.615. The van der Waals surface area contributed by atoms with Crippen molar-refractivity contribution in [2.45, 2.75) is 20.4 Å². The Kier molecular flexibility index (Phi) is 5.18. The highest BCUT2D eigenvalue weighted by Gasteiger charge is 2.16. The van der Waals surface area contributed by atoms with Crippen LogP contribution in [-0.4, -0.2) is 42.7 Å². The summed E-state index contributed by atoms with van der Waals surface area (Å²) in [6.45, 7) is 8.68. The predicted octanol–water partition coefficient (Wildman–Crippen LogP) is 1.98. The van der Waals surface area contributed by atoms with E-state index in [0.29, 0.717) is 0 Å². The molecule has 0 aliphatic rings. The normalized spacial score (nSPS) is 11.3. The monoisotopic (exact) mass is 282 g/mol. The van der Waals surface area contributed by atoms with E-state index in [1.54, 1.807) is 18.4 Å². The number of nitrogens with one attached hydrogen (secondary N) is 1. The molecule has 0 fully saturated rings. The topological polar surface area (TPSA) is 41.8 Å². The SMILES string of the molecule is CCN(CC)c1nc2sccn2c1CNCCOC. The standard InChI is InChI=1S/C13H22N4OS/c1-4-16(5-2)12-11(10-14-6-8-18-3)17-7-9-19-13(17)15-12/h7,9,14H,4-6,8,10H2,1-3H3. The molecule has 0 unspecified atom stereocenters. The Hall–Kier alpha value is -1.11. The van der Waals surface area contributed by atoms with Crippen molar-refractivity contribution in [2.24, 2.45) is 0 Å². The molecular formula is C13H22N4OS. The van der Waals surface area contributed by atoms with Crippen LogP contribution in [0.4, 0.5) is 5.82 Å². The molecule has 0 radical (unpaired) electrons. The summed E-state index contributed by atoms with van der Waals surface area (Å²) in [5, 5.41) is 5.48. The second-order valence-electron chi connectivity index (χ2n) is 4.28. The third-order valence-corrected chi connectivity index (χ3v) is 3.93. The minimum absolute atomic E-state index is 0.728. The van der Waals surface area contributed by atoms with Crippen LogP contribution in [0.2, 0.25) is 0 Å². The van der Waals surface area contributed by atoms with Crippen molar-refractivity contribution in [3.8, 4) is 0 Å². The first-order valence-corrected chi connectivity index (χ1v) is 7.58. The Morgan fingerprint density at radius 2 is 2.21 bits per heavy atom. The van der Waals surface area contributed by atoms with E-state index in [1.165, 1.54) is 5.69 Å². The number of aromatic nitrogens is 2. The van der Waals surface area contributed by atoms with Crippen LogP contribution in [0.3, 0.4) is 0 Å². The number of hydrogen-bond donors (Lipinski definition) is 1. The molecule has 19 heavy (non-hydrogen) atoms. The van der Waals surface area contributed by atoms with Gasteiger partial charge in [0.2, 0.25) is 0 Å². The maximum atomic E-state index is 5.06. The van der Waals surface area contributed by atoms with Crippen molar-refractivity contribution >= 4 is 22.1 Å². The van der Waals surface area contributed by atoms with Gasteiger partial charge in [0, 0.05) is 44.9 Å². The zero-order valence-electron chi connectivity index (χ0n) is 11.8. The molecule has 2 heterocycles. The van der Waals surface area contributed by atoms with E-state index in [2.05, 4.69) is 40.0 Å². The summed E-state index contributed by atoms with van der Waals surface area (Å²) in [6.07, 6.45) is 2.09. The van der Waals surface area contributed by atoms with E-state index in [1.807, 2.05) is 0 Å². The van der Waals surface area contributed by atoms with Crippen LogP contribution >= 0.6 is 11.3 Å². The van der Waals surface area contributed by atoms with E-state index >= 15 is 0 Å². The van der Waals surface area contributed by atoms with Crippen LogP contribution in [-0.2, 0) is 11.3 Å². The van der Waals surface area contributed by atoms with E-state index in [0.717, 1.165) is 43.6 Å². The molecular weight excluding hydrogens is 260 g/mol. The molecule has 0 amide bonds. The number of ether oxygens (including phenoxy) is 1. The summed E-state index contributed by atoms with van der Waals surface area (Å²) in [7, 11) is 1.72. The van der Waals surface area contributed by atoms with Gasteiger partial charge in [-0.25, -0.2) is 4.98 Å². The van der Waals surface area contributed by atoms with Gasteiger partial charge >= 0.3 is 0 Å². The lowest BCUT2D eigenvalue weighted by Gasteiger charge is -2.20. The number of fused-ring (bicyclic) bond motifs is 1. The minimum Gasteiger partial charge on any atom is -0.383 e. The Morgan fingerprint density at radius 3 is 2.89 bits per heavy atom. The van der Waals surface area contributed by atoms with E-state index in [-0.39, 0.29) is 0 Å². The van der Waals surface area contributed by atoms with Gasteiger partial charge in [0.05, 0.1) is 12.3 Å². The Morgan fingerprint density at radius 1 is 1.42 bits per heavy atom. The maximum Gasteiger partial charge on any atom is 0.195 e. The largest absolute Gasteiger partial charge is 0.383 e. The molecule has 0 aromatic carbocycles. The van der Waals surface area contributed by atoms with Gasteiger partial charge in [-0.15, -0.1) is 11.3 Å². The average Bonchev–Trinajstić information content (AvgIpc) is 2.98. The number of hydrogen-bond acceptors (Lipinski definition) is 5. The number of rotatable bonds is 8. The third-order valence-electron chi connectivity index (χ3n) is 3.18. The van der Waals surface area contributed by atoms with Gasteiger partial charge in [-0.05, 0) is 13.8 Å². The average molecular weight is 282 g/mol. The lowest BCUT2D eigenvalue weighted by Crippen LogP contribution is -2.26. The molecule has 2 rings (SSSR count). The first-order chi connectivity index (χ1) is 9.31. The first kappa shape index (κ1) is 14.3.